The highest BCUT2D eigenvalue weighted by Crippen LogP contribution is 2.28. The maximum absolute atomic E-state index is 13.2. The standard InChI is InChI=1S/C23H16Cl2N2O3/c24-18-11-10-15(13-19(18)25)26-21(28)20(12-14-6-2-1-3-7-14)27-22(29)16-8-4-5-9-17(16)23(27)30/h1-11,13,20H,12H2,(H,26,28). The number of rotatable bonds is 5. The molecule has 0 saturated heterocycles. The summed E-state index contributed by atoms with van der Waals surface area (Å²) in [7, 11) is 0. The van der Waals surface area contributed by atoms with Crippen LogP contribution < -0.4 is 5.32 Å². The predicted octanol–water partition coefficient (Wildman–Crippen LogP) is 4.84. The van der Waals surface area contributed by atoms with Gasteiger partial charge in [0.1, 0.15) is 6.04 Å². The van der Waals surface area contributed by atoms with Crippen LogP contribution in [0.1, 0.15) is 26.3 Å². The molecule has 1 heterocycles. The maximum Gasteiger partial charge on any atom is 0.262 e. The molecular weight excluding hydrogens is 423 g/mol. The third-order valence-corrected chi connectivity index (χ3v) is 5.64. The molecule has 1 N–H and O–H groups in total. The summed E-state index contributed by atoms with van der Waals surface area (Å²) in [5.41, 5.74) is 1.83. The molecule has 7 heteroatoms. The van der Waals surface area contributed by atoms with Crippen LogP contribution in [0, 0.1) is 0 Å². The number of imide groups is 1. The third kappa shape index (κ3) is 3.82. The Morgan fingerprint density at radius 2 is 1.43 bits per heavy atom. The van der Waals surface area contributed by atoms with Gasteiger partial charge >= 0.3 is 0 Å². The molecule has 0 fully saturated rings. The van der Waals surface area contributed by atoms with Crippen molar-refractivity contribution in [3.8, 4) is 0 Å². The summed E-state index contributed by atoms with van der Waals surface area (Å²) in [6, 6.07) is 19.4. The Hall–Kier alpha value is -3.15. The molecule has 3 aromatic rings. The summed E-state index contributed by atoms with van der Waals surface area (Å²) >= 11 is 12.0. The predicted molar refractivity (Wildman–Crippen MR) is 116 cm³/mol. The molecule has 3 amide bonds. The third-order valence-electron chi connectivity index (χ3n) is 4.90. The Labute approximate surface area is 183 Å². The van der Waals surface area contributed by atoms with Gasteiger partial charge in [-0.05, 0) is 35.9 Å². The van der Waals surface area contributed by atoms with Gasteiger partial charge in [-0.15, -0.1) is 0 Å². The van der Waals surface area contributed by atoms with Gasteiger partial charge < -0.3 is 5.32 Å². The van der Waals surface area contributed by atoms with Crippen LogP contribution in [-0.4, -0.2) is 28.7 Å². The minimum Gasteiger partial charge on any atom is -0.324 e. The topological polar surface area (TPSA) is 66.5 Å². The normalized spacial score (nSPS) is 13.9. The van der Waals surface area contributed by atoms with E-state index in [0.29, 0.717) is 21.8 Å². The Bertz CT molecular complexity index is 1110. The van der Waals surface area contributed by atoms with Crippen LogP contribution in [0.25, 0.3) is 0 Å². The first kappa shape index (κ1) is 20.1. The zero-order valence-electron chi connectivity index (χ0n) is 15.6. The van der Waals surface area contributed by atoms with E-state index in [2.05, 4.69) is 5.32 Å². The van der Waals surface area contributed by atoms with Crippen molar-refractivity contribution in [3.05, 3.63) is 99.5 Å². The second-order valence-electron chi connectivity index (χ2n) is 6.85. The lowest BCUT2D eigenvalue weighted by Crippen LogP contribution is -2.48. The fraction of sp³-hybridized carbons (Fsp3) is 0.0870. The number of fused-ring (bicyclic) bond motifs is 1. The highest BCUT2D eigenvalue weighted by Gasteiger charge is 2.42. The summed E-state index contributed by atoms with van der Waals surface area (Å²) in [6.45, 7) is 0. The maximum atomic E-state index is 13.2. The van der Waals surface area contributed by atoms with Crippen LogP contribution in [0.5, 0.6) is 0 Å². The molecular formula is C23H16Cl2N2O3. The number of carbonyl (C=O) groups is 3. The molecule has 0 aromatic heterocycles. The number of halogens is 2. The van der Waals surface area contributed by atoms with Crippen molar-refractivity contribution < 1.29 is 14.4 Å². The number of carbonyl (C=O) groups excluding carboxylic acids is 3. The summed E-state index contributed by atoms with van der Waals surface area (Å²) in [5.74, 6) is -1.46. The first-order chi connectivity index (χ1) is 14.5. The van der Waals surface area contributed by atoms with E-state index >= 15 is 0 Å². The summed E-state index contributed by atoms with van der Waals surface area (Å²) < 4.78 is 0. The van der Waals surface area contributed by atoms with Gasteiger partial charge in [-0.2, -0.15) is 0 Å². The molecule has 0 aliphatic carbocycles. The number of nitrogens with zero attached hydrogens (tertiary/aromatic N) is 1. The van der Waals surface area contributed by atoms with Gasteiger partial charge in [0, 0.05) is 12.1 Å². The van der Waals surface area contributed by atoms with Crippen LogP contribution in [-0.2, 0) is 11.2 Å². The first-order valence-electron chi connectivity index (χ1n) is 9.22. The SMILES string of the molecule is O=C(Nc1ccc(Cl)c(Cl)c1)C(Cc1ccccc1)N1C(=O)c2ccccc2C1=O. The molecule has 0 spiro atoms. The molecule has 3 aromatic carbocycles. The van der Waals surface area contributed by atoms with Crippen molar-refractivity contribution in [1.82, 2.24) is 4.90 Å². The Morgan fingerprint density at radius 1 is 0.833 bits per heavy atom. The summed E-state index contributed by atoms with van der Waals surface area (Å²) in [4.78, 5) is 40.2. The number of hydrogen-bond donors (Lipinski definition) is 1. The van der Waals surface area contributed by atoms with Gasteiger partial charge in [-0.1, -0.05) is 65.7 Å². The second-order valence-corrected chi connectivity index (χ2v) is 7.66. The van der Waals surface area contributed by atoms with E-state index in [1.807, 2.05) is 30.3 Å². The highest BCUT2D eigenvalue weighted by atomic mass is 35.5. The lowest BCUT2D eigenvalue weighted by atomic mass is 10.0. The number of benzene rings is 3. The average molecular weight is 439 g/mol. The lowest BCUT2D eigenvalue weighted by molar-refractivity contribution is -0.119. The second kappa shape index (κ2) is 8.30. The van der Waals surface area contributed by atoms with Crippen molar-refractivity contribution in [1.29, 1.82) is 0 Å². The average Bonchev–Trinajstić information content (AvgIpc) is 3.00. The van der Waals surface area contributed by atoms with Crippen molar-refractivity contribution in [2.24, 2.45) is 0 Å². The molecule has 150 valence electrons. The Morgan fingerprint density at radius 3 is 2.03 bits per heavy atom. The molecule has 1 unspecified atom stereocenters. The number of anilines is 1. The van der Waals surface area contributed by atoms with E-state index in [1.165, 1.54) is 6.07 Å². The fourth-order valence-electron chi connectivity index (χ4n) is 3.43. The Kier molecular flexibility index (Phi) is 5.57. The van der Waals surface area contributed by atoms with Gasteiger partial charge in [0.2, 0.25) is 5.91 Å². The van der Waals surface area contributed by atoms with Crippen molar-refractivity contribution >= 4 is 46.6 Å². The van der Waals surface area contributed by atoms with E-state index in [4.69, 9.17) is 23.2 Å². The van der Waals surface area contributed by atoms with Gasteiger partial charge in [-0.25, -0.2) is 0 Å². The van der Waals surface area contributed by atoms with E-state index in [-0.39, 0.29) is 11.4 Å². The number of nitrogens with one attached hydrogen (secondary N) is 1. The molecule has 0 saturated carbocycles. The quantitative estimate of drug-likeness (QED) is 0.579. The lowest BCUT2D eigenvalue weighted by Gasteiger charge is -2.25. The monoisotopic (exact) mass is 438 g/mol. The van der Waals surface area contributed by atoms with Crippen LogP contribution in [0.15, 0.2) is 72.8 Å². The smallest absolute Gasteiger partial charge is 0.262 e. The minimum atomic E-state index is -1.03. The van der Waals surface area contributed by atoms with Crippen molar-refractivity contribution in [2.45, 2.75) is 12.5 Å². The zero-order chi connectivity index (χ0) is 21.3. The van der Waals surface area contributed by atoms with Gasteiger partial charge in [0.15, 0.2) is 0 Å². The van der Waals surface area contributed by atoms with Gasteiger partial charge in [0.25, 0.3) is 11.8 Å². The first-order valence-corrected chi connectivity index (χ1v) is 9.98. The molecule has 0 radical (unpaired) electrons. The zero-order valence-corrected chi connectivity index (χ0v) is 17.2. The van der Waals surface area contributed by atoms with Crippen LogP contribution in [0.2, 0.25) is 10.0 Å². The minimum absolute atomic E-state index is 0.180. The summed E-state index contributed by atoms with van der Waals surface area (Å²) in [6.07, 6.45) is 0.180. The fourth-order valence-corrected chi connectivity index (χ4v) is 3.73. The van der Waals surface area contributed by atoms with E-state index in [9.17, 15) is 14.4 Å². The van der Waals surface area contributed by atoms with Crippen molar-refractivity contribution in [3.63, 3.8) is 0 Å². The van der Waals surface area contributed by atoms with Gasteiger partial charge in [0.05, 0.1) is 21.2 Å². The molecule has 1 aliphatic heterocycles. The molecule has 5 nitrogen and oxygen atoms in total. The van der Waals surface area contributed by atoms with E-state index < -0.39 is 23.8 Å². The molecule has 30 heavy (non-hydrogen) atoms. The van der Waals surface area contributed by atoms with Crippen LogP contribution in [0.4, 0.5) is 5.69 Å². The van der Waals surface area contributed by atoms with E-state index in [0.717, 1.165) is 10.5 Å². The number of amides is 3. The van der Waals surface area contributed by atoms with E-state index in [1.54, 1.807) is 36.4 Å². The molecule has 1 atom stereocenters. The van der Waals surface area contributed by atoms with Crippen LogP contribution >= 0.6 is 23.2 Å². The summed E-state index contributed by atoms with van der Waals surface area (Å²) in [5, 5.41) is 3.39. The molecule has 4 rings (SSSR count). The van der Waals surface area contributed by atoms with Crippen molar-refractivity contribution in [2.75, 3.05) is 5.32 Å². The van der Waals surface area contributed by atoms with Crippen LogP contribution in [0.3, 0.4) is 0 Å². The largest absolute Gasteiger partial charge is 0.324 e. The molecule has 0 bridgehead atoms. The number of hydrogen-bond acceptors (Lipinski definition) is 3. The highest BCUT2D eigenvalue weighted by molar-refractivity contribution is 6.42. The molecule has 1 aliphatic rings. The van der Waals surface area contributed by atoms with Gasteiger partial charge in [-0.3, -0.25) is 19.3 Å². The Balaban J connectivity index is 1.68.